The first-order valence-electron chi connectivity index (χ1n) is 13.0. The number of nitrogens with one attached hydrogen (secondary N) is 1. The lowest BCUT2D eigenvalue weighted by molar-refractivity contribution is -0.107. The summed E-state index contributed by atoms with van der Waals surface area (Å²) in [7, 11) is 1.89. The average molecular weight is 548 g/mol. The molecule has 3 heterocycles. The van der Waals surface area contributed by atoms with Gasteiger partial charge in [0.15, 0.2) is 0 Å². The molecule has 2 aromatic carbocycles. The van der Waals surface area contributed by atoms with Crippen LogP contribution in [0.2, 0.25) is 0 Å². The van der Waals surface area contributed by atoms with E-state index in [4.69, 9.17) is 4.74 Å². The third kappa shape index (κ3) is 6.45. The number of anilines is 1. The molecule has 10 heteroatoms. The highest BCUT2D eigenvalue weighted by Crippen LogP contribution is 2.33. The molecular weight excluding hydrogens is 513 g/mol. The van der Waals surface area contributed by atoms with Crippen molar-refractivity contribution in [2.45, 2.75) is 45.8 Å². The smallest absolute Gasteiger partial charge is 0.254 e. The molecule has 1 amide bonds. The molecule has 9 nitrogen and oxygen atoms in total. The maximum absolute atomic E-state index is 14.2. The second-order valence-corrected chi connectivity index (χ2v) is 10.7. The van der Waals surface area contributed by atoms with Crippen LogP contribution in [0.5, 0.6) is 11.5 Å². The number of pyridine rings is 1. The van der Waals surface area contributed by atoms with Gasteiger partial charge in [-0.1, -0.05) is 0 Å². The van der Waals surface area contributed by atoms with Gasteiger partial charge in [-0.25, -0.2) is 4.39 Å². The first kappa shape index (κ1) is 28.7. The summed E-state index contributed by atoms with van der Waals surface area (Å²) in [6.07, 6.45) is 5.59. The summed E-state index contributed by atoms with van der Waals surface area (Å²) in [6.45, 7) is 8.78. The van der Waals surface area contributed by atoms with Crippen molar-refractivity contribution in [1.29, 1.82) is 0 Å². The molecule has 0 aliphatic carbocycles. The first-order valence-corrected chi connectivity index (χ1v) is 13.0. The Labute approximate surface area is 232 Å². The van der Waals surface area contributed by atoms with Crippen LogP contribution < -0.4 is 10.1 Å². The van der Waals surface area contributed by atoms with Gasteiger partial charge >= 0.3 is 0 Å². The third-order valence-corrected chi connectivity index (χ3v) is 6.52. The first-order chi connectivity index (χ1) is 19.0. The normalized spacial score (nSPS) is 13.3. The molecule has 0 radical (unpaired) electrons. The molecule has 1 aliphatic rings. The fraction of sp³-hybridized carbons (Fsp3) is 0.333. The van der Waals surface area contributed by atoms with E-state index in [0.29, 0.717) is 58.5 Å². The van der Waals surface area contributed by atoms with Crippen molar-refractivity contribution >= 4 is 28.8 Å². The van der Waals surface area contributed by atoms with Gasteiger partial charge in [-0.15, -0.1) is 0 Å². The largest absolute Gasteiger partial charge is 0.456 e. The average Bonchev–Trinajstić information content (AvgIpc) is 3.40. The van der Waals surface area contributed by atoms with E-state index in [0.717, 1.165) is 5.69 Å². The SMILES string of the molecule is CNc1cnn(C(C)(C)C)c1.Cc1cc(CC=O)c(F)cc1Oc1ccnc2ccc(C(=O)N3CC(O)C3)cc12. The zero-order valence-corrected chi connectivity index (χ0v) is 23.3. The van der Waals surface area contributed by atoms with Crippen LogP contribution in [0.1, 0.15) is 42.3 Å². The van der Waals surface area contributed by atoms with Crippen LogP contribution in [-0.4, -0.2) is 63.2 Å². The van der Waals surface area contributed by atoms with Crippen LogP contribution >= 0.6 is 0 Å². The lowest BCUT2D eigenvalue weighted by atomic mass is 10.1. The number of ether oxygens (including phenoxy) is 1. The Kier molecular flexibility index (Phi) is 8.49. The number of aliphatic hydroxyl groups excluding tert-OH is 1. The molecule has 40 heavy (non-hydrogen) atoms. The number of carbonyl (C=O) groups is 2. The van der Waals surface area contributed by atoms with E-state index in [1.165, 1.54) is 6.07 Å². The Bertz CT molecular complexity index is 1520. The van der Waals surface area contributed by atoms with Gasteiger partial charge in [0.1, 0.15) is 23.6 Å². The van der Waals surface area contributed by atoms with Gasteiger partial charge in [0.05, 0.1) is 29.0 Å². The number of carbonyl (C=O) groups excluding carboxylic acids is 2. The van der Waals surface area contributed by atoms with Crippen molar-refractivity contribution in [3.8, 4) is 11.5 Å². The molecule has 210 valence electrons. The minimum atomic E-state index is -0.511. The number of aryl methyl sites for hydroxylation is 1. The molecule has 0 unspecified atom stereocenters. The maximum Gasteiger partial charge on any atom is 0.254 e. The fourth-order valence-electron chi connectivity index (χ4n) is 4.16. The van der Waals surface area contributed by atoms with Crippen molar-refractivity contribution in [2.24, 2.45) is 0 Å². The van der Waals surface area contributed by atoms with Crippen molar-refractivity contribution < 1.29 is 23.8 Å². The number of aldehydes is 1. The monoisotopic (exact) mass is 547 g/mol. The van der Waals surface area contributed by atoms with Crippen LogP contribution in [0.15, 0.2) is 55.0 Å². The predicted octanol–water partition coefficient (Wildman–Crippen LogP) is 4.71. The lowest BCUT2D eigenvalue weighted by Gasteiger charge is -2.35. The standard InChI is InChI=1S/C22H19FN2O4.C8H15N3/c1-13-8-14(5-7-26)18(23)10-21(13)29-20-4-6-24-19-3-2-15(9-17(19)20)22(28)25-11-16(27)12-25;1-8(2,3)11-6-7(9-4)5-10-11/h2-4,6-10,16,27H,5,11-12H2,1H3;5-6,9H,1-4H3. The van der Waals surface area contributed by atoms with E-state index in [1.807, 2.05) is 24.1 Å². The van der Waals surface area contributed by atoms with Gasteiger partial charge < -0.3 is 24.9 Å². The predicted molar refractivity (Wildman–Crippen MR) is 151 cm³/mol. The molecule has 1 fully saturated rings. The minimum absolute atomic E-state index is 0.00180. The highest BCUT2D eigenvalue weighted by Gasteiger charge is 2.29. The summed E-state index contributed by atoms with van der Waals surface area (Å²) in [6, 6.07) is 9.61. The Morgan fingerprint density at radius 1 is 1.20 bits per heavy atom. The Hall–Kier alpha value is -4.31. The second-order valence-electron chi connectivity index (χ2n) is 10.7. The molecule has 0 saturated carbocycles. The number of β-amino-alcohol motifs (C(OH)–C–C–N with tert-alkyl or cyclic N) is 1. The molecule has 5 rings (SSSR count). The summed E-state index contributed by atoms with van der Waals surface area (Å²) >= 11 is 0. The molecule has 2 N–H and O–H groups in total. The zero-order chi connectivity index (χ0) is 29.0. The van der Waals surface area contributed by atoms with E-state index in [2.05, 4.69) is 36.2 Å². The van der Waals surface area contributed by atoms with Crippen LogP contribution in [-0.2, 0) is 16.8 Å². The van der Waals surface area contributed by atoms with E-state index >= 15 is 0 Å². The van der Waals surface area contributed by atoms with E-state index < -0.39 is 11.9 Å². The molecule has 4 aromatic rings. The number of fused-ring (bicyclic) bond motifs is 1. The van der Waals surface area contributed by atoms with Gasteiger partial charge in [-0.2, -0.15) is 5.10 Å². The summed E-state index contributed by atoms with van der Waals surface area (Å²) in [5.41, 5.74) is 3.24. The summed E-state index contributed by atoms with van der Waals surface area (Å²) < 4.78 is 22.1. The van der Waals surface area contributed by atoms with Crippen LogP contribution in [0.25, 0.3) is 10.9 Å². The molecule has 0 spiro atoms. The van der Waals surface area contributed by atoms with Gasteiger partial charge in [0, 0.05) is 56.0 Å². The number of hydrogen-bond acceptors (Lipinski definition) is 7. The maximum atomic E-state index is 14.2. The lowest BCUT2D eigenvalue weighted by Crippen LogP contribution is -2.53. The van der Waals surface area contributed by atoms with E-state index in [1.54, 1.807) is 48.4 Å². The van der Waals surface area contributed by atoms with Crippen LogP contribution in [0.3, 0.4) is 0 Å². The van der Waals surface area contributed by atoms with E-state index in [-0.39, 0.29) is 17.9 Å². The van der Waals surface area contributed by atoms with Crippen molar-refractivity contribution in [1.82, 2.24) is 19.7 Å². The summed E-state index contributed by atoms with van der Waals surface area (Å²) in [5, 5.41) is 17.3. The van der Waals surface area contributed by atoms with Gasteiger partial charge in [-0.05, 0) is 69.2 Å². The van der Waals surface area contributed by atoms with Crippen LogP contribution in [0, 0.1) is 12.7 Å². The highest BCUT2D eigenvalue weighted by molar-refractivity contribution is 5.99. The minimum Gasteiger partial charge on any atom is -0.456 e. The number of aliphatic hydroxyl groups is 1. The quantitative estimate of drug-likeness (QED) is 0.337. The molecule has 2 aromatic heterocycles. The van der Waals surface area contributed by atoms with Gasteiger partial charge in [0.25, 0.3) is 5.91 Å². The fourth-order valence-corrected chi connectivity index (χ4v) is 4.16. The topological polar surface area (TPSA) is 110 Å². The third-order valence-electron chi connectivity index (χ3n) is 6.52. The highest BCUT2D eigenvalue weighted by atomic mass is 19.1. The zero-order valence-electron chi connectivity index (χ0n) is 23.3. The summed E-state index contributed by atoms with van der Waals surface area (Å²) in [5.74, 6) is 0.0851. The number of hydrogen-bond donors (Lipinski definition) is 2. The molecule has 1 aliphatic heterocycles. The molecule has 0 atom stereocenters. The number of amides is 1. The number of rotatable bonds is 6. The number of benzene rings is 2. The Morgan fingerprint density at radius 3 is 2.55 bits per heavy atom. The summed E-state index contributed by atoms with van der Waals surface area (Å²) in [4.78, 5) is 29.1. The Morgan fingerprint density at radius 2 is 1.95 bits per heavy atom. The molecule has 1 saturated heterocycles. The number of nitrogens with zero attached hydrogens (tertiary/aromatic N) is 4. The number of halogens is 1. The van der Waals surface area contributed by atoms with E-state index in [9.17, 15) is 19.1 Å². The van der Waals surface area contributed by atoms with Crippen molar-refractivity contribution in [3.63, 3.8) is 0 Å². The van der Waals surface area contributed by atoms with Gasteiger partial charge in [-0.3, -0.25) is 14.5 Å². The molecule has 0 bridgehead atoms. The number of aromatic nitrogens is 3. The van der Waals surface area contributed by atoms with Crippen molar-refractivity contribution in [3.05, 3.63) is 77.5 Å². The van der Waals surface area contributed by atoms with Crippen molar-refractivity contribution in [2.75, 3.05) is 25.5 Å². The van der Waals surface area contributed by atoms with Crippen LogP contribution in [0.4, 0.5) is 10.1 Å². The molecular formula is C30H34FN5O4. The van der Waals surface area contributed by atoms with Gasteiger partial charge in [0.2, 0.25) is 0 Å². The number of likely N-dealkylation sites (tertiary alicyclic amines) is 1. The second kappa shape index (κ2) is 11.8. The Balaban J connectivity index is 0.000000283.